The number of allylic oxidation sites excluding steroid dienone is 1. The number of hydrogen-bond donors (Lipinski definition) is 1. The van der Waals surface area contributed by atoms with Gasteiger partial charge >= 0.3 is 0 Å². The average molecular weight is 431 g/mol. The molecule has 0 aromatic heterocycles. The zero-order chi connectivity index (χ0) is 22.6. The highest BCUT2D eigenvalue weighted by Crippen LogP contribution is 2.28. The van der Waals surface area contributed by atoms with E-state index in [1.54, 1.807) is 19.4 Å². The molecule has 6 heteroatoms. The van der Waals surface area contributed by atoms with Crippen molar-refractivity contribution in [2.75, 3.05) is 13.7 Å². The Balaban J connectivity index is 1.53. The highest BCUT2D eigenvalue weighted by molar-refractivity contribution is 5.85. The minimum Gasteiger partial charge on any atom is -0.493 e. The highest BCUT2D eigenvalue weighted by Gasteiger charge is 2.08. The van der Waals surface area contributed by atoms with Gasteiger partial charge in [0.05, 0.1) is 13.3 Å². The summed E-state index contributed by atoms with van der Waals surface area (Å²) in [6.45, 7) is 3.98. The average Bonchev–Trinajstić information content (AvgIpc) is 2.83. The lowest BCUT2D eigenvalue weighted by Crippen LogP contribution is -2.24. The van der Waals surface area contributed by atoms with E-state index in [1.165, 1.54) is 0 Å². The molecule has 3 aromatic rings. The van der Waals surface area contributed by atoms with Crippen LogP contribution in [0.15, 0.2) is 90.6 Å². The zero-order valence-electron chi connectivity index (χ0n) is 18.0. The van der Waals surface area contributed by atoms with Gasteiger partial charge in [-0.3, -0.25) is 4.79 Å². The molecule has 32 heavy (non-hydrogen) atoms. The first kappa shape index (κ1) is 22.6. The molecule has 0 spiro atoms. The van der Waals surface area contributed by atoms with Crippen LogP contribution >= 0.6 is 0 Å². The minimum absolute atomic E-state index is 0.194. The monoisotopic (exact) mass is 430 g/mol. The van der Waals surface area contributed by atoms with Gasteiger partial charge in [-0.05, 0) is 41.8 Å². The fraction of sp³-hybridized carbons (Fsp3) is 0.154. The van der Waals surface area contributed by atoms with Gasteiger partial charge in [-0.2, -0.15) is 5.10 Å². The molecule has 0 atom stereocenters. The van der Waals surface area contributed by atoms with Crippen molar-refractivity contribution in [1.29, 1.82) is 0 Å². The Morgan fingerprint density at radius 3 is 2.50 bits per heavy atom. The summed E-state index contributed by atoms with van der Waals surface area (Å²) < 4.78 is 16.8. The number of ether oxygens (including phenoxy) is 3. The highest BCUT2D eigenvalue weighted by atomic mass is 16.5. The second-order valence-corrected chi connectivity index (χ2v) is 6.87. The first-order valence-corrected chi connectivity index (χ1v) is 10.2. The Hall–Kier alpha value is -4.06. The first-order valence-electron chi connectivity index (χ1n) is 10.2. The normalized spacial score (nSPS) is 10.5. The van der Waals surface area contributed by atoms with Crippen LogP contribution in [0.1, 0.15) is 16.7 Å². The number of para-hydroxylation sites is 1. The third-order valence-corrected chi connectivity index (χ3v) is 4.52. The quantitative estimate of drug-likeness (QED) is 0.276. The van der Waals surface area contributed by atoms with Crippen molar-refractivity contribution < 1.29 is 19.0 Å². The maximum absolute atomic E-state index is 12.1. The van der Waals surface area contributed by atoms with Gasteiger partial charge in [0.25, 0.3) is 5.91 Å². The van der Waals surface area contributed by atoms with E-state index in [-0.39, 0.29) is 12.5 Å². The van der Waals surface area contributed by atoms with E-state index in [9.17, 15) is 4.79 Å². The number of carbonyl (C=O) groups is 1. The molecule has 6 nitrogen and oxygen atoms in total. The Labute approximate surface area is 188 Å². The minimum atomic E-state index is -0.388. The van der Waals surface area contributed by atoms with Crippen LogP contribution in [-0.4, -0.2) is 25.8 Å². The number of benzene rings is 3. The van der Waals surface area contributed by atoms with E-state index >= 15 is 0 Å². The van der Waals surface area contributed by atoms with Crippen LogP contribution in [0, 0.1) is 0 Å². The Bertz CT molecular complexity index is 1060. The number of methoxy groups -OCH3 is 1. The van der Waals surface area contributed by atoms with Gasteiger partial charge in [-0.1, -0.05) is 54.6 Å². The molecule has 0 aliphatic carbocycles. The lowest BCUT2D eigenvalue weighted by molar-refractivity contribution is -0.123. The summed E-state index contributed by atoms with van der Waals surface area (Å²) in [7, 11) is 1.56. The van der Waals surface area contributed by atoms with E-state index in [1.807, 2.05) is 72.8 Å². The van der Waals surface area contributed by atoms with E-state index in [0.29, 0.717) is 23.9 Å². The number of rotatable bonds is 11. The predicted molar refractivity (Wildman–Crippen MR) is 125 cm³/mol. The van der Waals surface area contributed by atoms with Crippen LogP contribution in [0.5, 0.6) is 17.2 Å². The first-order chi connectivity index (χ1) is 15.7. The SMILES string of the molecule is C=CCc1ccc(OCC(=O)N/N=C/c2ccccc2OCc2ccccc2)c(OC)c1. The summed E-state index contributed by atoms with van der Waals surface area (Å²) in [4.78, 5) is 12.1. The summed E-state index contributed by atoms with van der Waals surface area (Å²) in [5, 5.41) is 4.02. The predicted octanol–water partition coefficient (Wildman–Crippen LogP) is 4.53. The fourth-order valence-electron chi connectivity index (χ4n) is 2.93. The summed E-state index contributed by atoms with van der Waals surface area (Å²) in [6, 6.07) is 22.9. The number of nitrogens with zero attached hydrogens (tertiary/aromatic N) is 1. The van der Waals surface area contributed by atoms with Crippen molar-refractivity contribution in [2.24, 2.45) is 5.10 Å². The molecular weight excluding hydrogens is 404 g/mol. The zero-order valence-corrected chi connectivity index (χ0v) is 18.0. The Morgan fingerprint density at radius 1 is 0.938 bits per heavy atom. The van der Waals surface area contributed by atoms with Gasteiger partial charge in [-0.25, -0.2) is 5.43 Å². The van der Waals surface area contributed by atoms with E-state index in [0.717, 1.165) is 23.1 Å². The van der Waals surface area contributed by atoms with Crippen molar-refractivity contribution in [2.45, 2.75) is 13.0 Å². The molecule has 0 saturated heterocycles. The maximum Gasteiger partial charge on any atom is 0.277 e. The van der Waals surface area contributed by atoms with Crippen molar-refractivity contribution >= 4 is 12.1 Å². The Morgan fingerprint density at radius 2 is 1.72 bits per heavy atom. The number of amides is 1. The molecule has 3 rings (SSSR count). The summed E-state index contributed by atoms with van der Waals surface area (Å²) in [5.74, 6) is 1.33. The molecule has 0 aliphatic rings. The molecule has 0 aliphatic heterocycles. The molecule has 0 radical (unpaired) electrons. The molecule has 1 N–H and O–H groups in total. The topological polar surface area (TPSA) is 69.2 Å². The molecule has 3 aromatic carbocycles. The Kier molecular flexibility index (Phi) is 8.45. The third-order valence-electron chi connectivity index (χ3n) is 4.52. The van der Waals surface area contributed by atoms with Crippen LogP contribution in [-0.2, 0) is 17.8 Å². The maximum atomic E-state index is 12.1. The van der Waals surface area contributed by atoms with Crippen LogP contribution < -0.4 is 19.6 Å². The number of nitrogens with one attached hydrogen (secondary N) is 1. The van der Waals surface area contributed by atoms with E-state index in [2.05, 4.69) is 17.1 Å². The molecule has 0 bridgehead atoms. The lowest BCUT2D eigenvalue weighted by atomic mass is 10.1. The van der Waals surface area contributed by atoms with Crippen LogP contribution in [0.3, 0.4) is 0 Å². The van der Waals surface area contributed by atoms with Gasteiger partial charge < -0.3 is 14.2 Å². The number of carbonyl (C=O) groups excluding carboxylic acids is 1. The van der Waals surface area contributed by atoms with Crippen molar-refractivity contribution in [3.63, 3.8) is 0 Å². The molecule has 0 heterocycles. The standard InChI is InChI=1S/C26H26N2O4/c1-3-9-20-14-15-24(25(16-20)30-2)32-19-26(29)28-27-17-22-12-7-8-13-23(22)31-18-21-10-5-4-6-11-21/h3-8,10-17H,1,9,18-19H2,2H3,(H,28,29)/b27-17+. The summed E-state index contributed by atoms with van der Waals surface area (Å²) in [5.41, 5.74) is 5.34. The third kappa shape index (κ3) is 6.74. The molecule has 0 fully saturated rings. The van der Waals surface area contributed by atoms with Gasteiger partial charge in [0, 0.05) is 5.56 Å². The summed E-state index contributed by atoms with van der Waals surface area (Å²) >= 11 is 0. The number of hydrazone groups is 1. The van der Waals surface area contributed by atoms with Crippen molar-refractivity contribution in [3.05, 3.63) is 102 Å². The molecule has 0 saturated carbocycles. The second-order valence-electron chi connectivity index (χ2n) is 6.87. The molecule has 0 unspecified atom stereocenters. The van der Waals surface area contributed by atoms with Crippen LogP contribution in [0.2, 0.25) is 0 Å². The molecule has 1 amide bonds. The van der Waals surface area contributed by atoms with Crippen molar-refractivity contribution in [3.8, 4) is 17.2 Å². The largest absolute Gasteiger partial charge is 0.493 e. The smallest absolute Gasteiger partial charge is 0.277 e. The fourth-order valence-corrected chi connectivity index (χ4v) is 2.93. The van der Waals surface area contributed by atoms with Gasteiger partial charge in [0.2, 0.25) is 0 Å². The lowest BCUT2D eigenvalue weighted by Gasteiger charge is -2.11. The van der Waals surface area contributed by atoms with Gasteiger partial charge in [-0.15, -0.1) is 6.58 Å². The number of hydrogen-bond acceptors (Lipinski definition) is 5. The van der Waals surface area contributed by atoms with E-state index in [4.69, 9.17) is 14.2 Å². The van der Waals surface area contributed by atoms with Gasteiger partial charge in [0.15, 0.2) is 18.1 Å². The van der Waals surface area contributed by atoms with Crippen molar-refractivity contribution in [1.82, 2.24) is 5.43 Å². The van der Waals surface area contributed by atoms with Gasteiger partial charge in [0.1, 0.15) is 12.4 Å². The van der Waals surface area contributed by atoms with Crippen LogP contribution in [0.25, 0.3) is 0 Å². The second kappa shape index (κ2) is 12.0. The molecular formula is C26H26N2O4. The summed E-state index contributed by atoms with van der Waals surface area (Å²) in [6.07, 6.45) is 4.08. The molecule has 164 valence electrons. The van der Waals surface area contributed by atoms with E-state index < -0.39 is 0 Å². The van der Waals surface area contributed by atoms with Crippen LogP contribution in [0.4, 0.5) is 0 Å².